The second-order valence-electron chi connectivity index (χ2n) is 7.36. The van der Waals surface area contributed by atoms with Gasteiger partial charge in [0.1, 0.15) is 17.3 Å². The lowest BCUT2D eigenvalue weighted by molar-refractivity contribution is -0.144. The molecule has 0 spiro atoms. The molecule has 1 atom stereocenters. The van der Waals surface area contributed by atoms with Gasteiger partial charge in [-0.2, -0.15) is 0 Å². The van der Waals surface area contributed by atoms with E-state index in [-0.39, 0.29) is 25.5 Å². The number of aliphatic carboxylic acids is 2. The molecule has 1 unspecified atom stereocenters. The van der Waals surface area contributed by atoms with Crippen molar-refractivity contribution >= 4 is 29.4 Å². The molecule has 0 bridgehead atoms. The first kappa shape index (κ1) is 29.8. The Morgan fingerprint density at radius 1 is 1.00 bits per heavy atom. The molecule has 6 N–H and O–H groups in total. The lowest BCUT2D eigenvalue weighted by atomic mass is 10.0. The van der Waals surface area contributed by atoms with Crippen LogP contribution in [0.5, 0.6) is 11.5 Å². The average Bonchev–Trinajstić information content (AvgIpc) is 2.80. The number of carbonyl (C=O) groups is 3. The minimum atomic E-state index is -0.889. The van der Waals surface area contributed by atoms with Gasteiger partial charge in [0.15, 0.2) is 6.04 Å². The van der Waals surface area contributed by atoms with E-state index in [0.717, 1.165) is 6.92 Å². The van der Waals surface area contributed by atoms with E-state index < -0.39 is 23.9 Å². The maximum absolute atomic E-state index is 12.8. The summed E-state index contributed by atoms with van der Waals surface area (Å²) in [7, 11) is 0. The summed E-state index contributed by atoms with van der Waals surface area (Å²) in [5.41, 5.74) is 7.27. The number of nitrogen functional groups attached to an aromatic ring is 1. The SMILES string of the molecule is CC(=O)O.CCOC(=O)C(Nc1ccc(C(=N)N)cc1)c1cc(OCC)cc(OCCCC(=O)O)c1. The van der Waals surface area contributed by atoms with Crippen LogP contribution in [-0.4, -0.2) is 53.8 Å². The largest absolute Gasteiger partial charge is 0.494 e. The number of carboxylic acids is 2. The van der Waals surface area contributed by atoms with E-state index >= 15 is 0 Å². The van der Waals surface area contributed by atoms with Gasteiger partial charge in [-0.3, -0.25) is 15.0 Å². The van der Waals surface area contributed by atoms with Crippen LogP contribution in [0.2, 0.25) is 0 Å². The van der Waals surface area contributed by atoms with E-state index in [1.165, 1.54) is 0 Å². The number of hydrogen-bond acceptors (Lipinski definition) is 8. The predicted molar refractivity (Wildman–Crippen MR) is 134 cm³/mol. The molecule has 0 aliphatic carbocycles. The Labute approximate surface area is 209 Å². The van der Waals surface area contributed by atoms with Gasteiger partial charge in [0.2, 0.25) is 0 Å². The lowest BCUT2D eigenvalue weighted by Gasteiger charge is -2.21. The molecular formula is C25H33N3O8. The molecular weight excluding hydrogens is 470 g/mol. The summed E-state index contributed by atoms with van der Waals surface area (Å²) in [4.78, 5) is 32.5. The molecule has 0 saturated carbocycles. The molecule has 36 heavy (non-hydrogen) atoms. The summed E-state index contributed by atoms with van der Waals surface area (Å²) in [5.74, 6) is -1.28. The molecule has 0 heterocycles. The molecule has 2 rings (SSSR count). The first-order chi connectivity index (χ1) is 17.1. The molecule has 0 radical (unpaired) electrons. The quantitative estimate of drug-likeness (QED) is 0.118. The maximum atomic E-state index is 12.8. The highest BCUT2D eigenvalue weighted by molar-refractivity contribution is 5.95. The molecule has 0 saturated heterocycles. The number of hydrogen-bond donors (Lipinski definition) is 5. The molecule has 0 aromatic heterocycles. The van der Waals surface area contributed by atoms with Gasteiger partial charge < -0.3 is 35.5 Å². The molecule has 11 nitrogen and oxygen atoms in total. The Hall–Kier alpha value is -4.28. The minimum absolute atomic E-state index is 0.00126. The van der Waals surface area contributed by atoms with Gasteiger partial charge in [0, 0.05) is 30.7 Å². The number of carboxylic acid groups (broad SMARTS) is 2. The van der Waals surface area contributed by atoms with Crippen LogP contribution in [0, 0.1) is 5.41 Å². The van der Waals surface area contributed by atoms with E-state index in [1.807, 2.05) is 6.92 Å². The van der Waals surface area contributed by atoms with Crippen LogP contribution in [0.3, 0.4) is 0 Å². The normalized spacial score (nSPS) is 10.8. The third-order valence-corrected chi connectivity index (χ3v) is 4.38. The lowest BCUT2D eigenvalue weighted by Crippen LogP contribution is -2.23. The van der Waals surface area contributed by atoms with Crippen molar-refractivity contribution in [3.8, 4) is 11.5 Å². The van der Waals surface area contributed by atoms with Crippen LogP contribution >= 0.6 is 0 Å². The van der Waals surface area contributed by atoms with Crippen molar-refractivity contribution in [1.29, 1.82) is 5.41 Å². The number of anilines is 1. The fourth-order valence-corrected chi connectivity index (χ4v) is 2.92. The molecule has 0 amide bonds. The van der Waals surface area contributed by atoms with Gasteiger partial charge in [0.25, 0.3) is 5.97 Å². The Bertz CT molecular complexity index is 1020. The fourth-order valence-electron chi connectivity index (χ4n) is 2.92. The topological polar surface area (TPSA) is 181 Å². The second kappa shape index (κ2) is 15.6. The van der Waals surface area contributed by atoms with Crippen molar-refractivity contribution in [2.75, 3.05) is 25.1 Å². The number of esters is 1. The molecule has 2 aromatic rings. The third-order valence-electron chi connectivity index (χ3n) is 4.38. The van der Waals surface area contributed by atoms with Crippen LogP contribution in [-0.2, 0) is 19.1 Å². The maximum Gasteiger partial charge on any atom is 0.333 e. The van der Waals surface area contributed by atoms with Gasteiger partial charge >= 0.3 is 11.9 Å². The van der Waals surface area contributed by atoms with E-state index in [0.29, 0.717) is 41.3 Å². The van der Waals surface area contributed by atoms with Crippen LogP contribution in [0.4, 0.5) is 5.69 Å². The minimum Gasteiger partial charge on any atom is -0.494 e. The summed E-state index contributed by atoms with van der Waals surface area (Å²) >= 11 is 0. The smallest absolute Gasteiger partial charge is 0.333 e. The van der Waals surface area contributed by atoms with Gasteiger partial charge in [0.05, 0.1) is 19.8 Å². The number of benzene rings is 2. The van der Waals surface area contributed by atoms with E-state index in [2.05, 4.69) is 5.32 Å². The zero-order valence-corrected chi connectivity index (χ0v) is 20.6. The predicted octanol–water partition coefficient (Wildman–Crippen LogP) is 3.42. The van der Waals surface area contributed by atoms with Crippen molar-refractivity contribution in [1.82, 2.24) is 0 Å². The average molecular weight is 504 g/mol. The molecule has 0 aliphatic rings. The zero-order chi connectivity index (χ0) is 27.1. The number of amidine groups is 1. The van der Waals surface area contributed by atoms with Crippen molar-refractivity contribution in [3.63, 3.8) is 0 Å². The van der Waals surface area contributed by atoms with Gasteiger partial charge in [-0.15, -0.1) is 0 Å². The van der Waals surface area contributed by atoms with Gasteiger partial charge in [-0.05, 0) is 62.2 Å². The first-order valence-electron chi connectivity index (χ1n) is 11.3. The first-order valence-corrected chi connectivity index (χ1v) is 11.3. The highest BCUT2D eigenvalue weighted by Crippen LogP contribution is 2.30. The fraction of sp³-hybridized carbons (Fsp3) is 0.360. The summed E-state index contributed by atoms with van der Waals surface area (Å²) in [6, 6.07) is 11.1. The molecule has 2 aromatic carbocycles. The number of rotatable bonds is 13. The van der Waals surface area contributed by atoms with Crippen LogP contribution in [0.25, 0.3) is 0 Å². The molecule has 0 aliphatic heterocycles. The van der Waals surface area contributed by atoms with Crippen LogP contribution in [0.15, 0.2) is 42.5 Å². The van der Waals surface area contributed by atoms with Gasteiger partial charge in [-0.25, -0.2) is 4.79 Å². The van der Waals surface area contributed by atoms with E-state index in [4.69, 9.17) is 40.4 Å². The van der Waals surface area contributed by atoms with Crippen molar-refractivity contribution < 1.29 is 38.8 Å². The van der Waals surface area contributed by atoms with Crippen molar-refractivity contribution in [3.05, 3.63) is 53.6 Å². The standard InChI is InChI=1S/C23H29N3O6.C2H4O2/c1-3-30-18-12-16(13-19(14-18)32-11-5-6-20(27)28)21(23(29)31-4-2)26-17-9-7-15(8-10-17)22(24)25;1-2(3)4/h7-10,12-14,21,26H,3-6,11H2,1-2H3,(H3,24,25)(H,27,28);1H3,(H,3,4). The third kappa shape index (κ3) is 11.2. The van der Waals surface area contributed by atoms with E-state index in [9.17, 15) is 9.59 Å². The zero-order valence-electron chi connectivity index (χ0n) is 20.6. The number of nitrogens with two attached hydrogens (primary N) is 1. The summed E-state index contributed by atoms with van der Waals surface area (Å²) in [5, 5.41) is 26.9. The summed E-state index contributed by atoms with van der Waals surface area (Å²) < 4.78 is 16.6. The Morgan fingerprint density at radius 2 is 1.58 bits per heavy atom. The summed E-state index contributed by atoms with van der Waals surface area (Å²) in [6.07, 6.45) is 0.354. The van der Waals surface area contributed by atoms with Crippen LogP contribution < -0.4 is 20.5 Å². The summed E-state index contributed by atoms with van der Waals surface area (Å²) in [6.45, 7) is 5.50. The van der Waals surface area contributed by atoms with Crippen molar-refractivity contribution in [2.45, 2.75) is 39.7 Å². The number of carbonyl (C=O) groups excluding carboxylic acids is 1. The molecule has 0 fully saturated rings. The second-order valence-corrected chi connectivity index (χ2v) is 7.36. The number of nitrogens with one attached hydrogen (secondary N) is 2. The van der Waals surface area contributed by atoms with Crippen molar-refractivity contribution in [2.24, 2.45) is 5.73 Å². The van der Waals surface area contributed by atoms with Crippen LogP contribution in [0.1, 0.15) is 50.8 Å². The number of ether oxygens (including phenoxy) is 3. The molecule has 196 valence electrons. The highest BCUT2D eigenvalue weighted by Gasteiger charge is 2.24. The Morgan fingerprint density at radius 3 is 2.08 bits per heavy atom. The Balaban J connectivity index is 0.00000150. The highest BCUT2D eigenvalue weighted by atomic mass is 16.5. The van der Waals surface area contributed by atoms with E-state index in [1.54, 1.807) is 49.4 Å². The Kier molecular flexibility index (Phi) is 12.9. The van der Waals surface area contributed by atoms with Gasteiger partial charge in [-0.1, -0.05) is 0 Å². The molecule has 11 heteroatoms. The monoisotopic (exact) mass is 503 g/mol.